The average Bonchev–Trinajstić information content (AvgIpc) is 3.27. The summed E-state index contributed by atoms with van der Waals surface area (Å²) < 4.78 is 0. The number of aryl methyl sites for hydroxylation is 1. The van der Waals surface area contributed by atoms with E-state index in [1.807, 2.05) is 135 Å². The lowest BCUT2D eigenvalue weighted by Crippen LogP contribution is -2.05. The summed E-state index contributed by atoms with van der Waals surface area (Å²) in [4.78, 5) is 41.2. The molecule has 60 heavy (non-hydrogen) atoms. The van der Waals surface area contributed by atoms with Crippen molar-refractivity contribution in [2.45, 2.75) is 92.1 Å². The number of aldehydes is 3. The summed E-state index contributed by atoms with van der Waals surface area (Å²) in [6.45, 7) is 13.3. The van der Waals surface area contributed by atoms with E-state index in [4.69, 9.17) is 5.11 Å². The molecule has 0 aliphatic rings. The van der Waals surface area contributed by atoms with E-state index >= 15 is 0 Å². The zero-order chi connectivity index (χ0) is 44.2. The monoisotopic (exact) mass is 809 g/mol. The summed E-state index contributed by atoms with van der Waals surface area (Å²) in [7, 11) is 0. The second-order valence-corrected chi connectivity index (χ2v) is 15.3. The van der Waals surface area contributed by atoms with Gasteiger partial charge in [0.25, 0.3) is 0 Å². The fraction of sp³-hybridized carbons (Fsp3) is 0.309. The molecule has 0 spiro atoms. The third-order valence-corrected chi connectivity index (χ3v) is 9.03. The Bertz CT molecular complexity index is 1850. The van der Waals surface area contributed by atoms with Gasteiger partial charge in [0.1, 0.15) is 18.9 Å². The Labute approximate surface area is 361 Å². The lowest BCUT2D eigenvalue weighted by molar-refractivity contribution is -0.113. The number of ketones is 1. The van der Waals surface area contributed by atoms with Crippen LogP contribution in [0.3, 0.4) is 0 Å². The van der Waals surface area contributed by atoms with Crippen molar-refractivity contribution >= 4 is 24.6 Å². The van der Waals surface area contributed by atoms with Gasteiger partial charge in [0.2, 0.25) is 0 Å². The minimum atomic E-state index is -0.159. The van der Waals surface area contributed by atoms with Crippen molar-refractivity contribution in [3.63, 3.8) is 0 Å². The fourth-order valence-corrected chi connectivity index (χ4v) is 5.80. The highest BCUT2D eigenvalue weighted by molar-refractivity contribution is 5.87. The summed E-state index contributed by atoms with van der Waals surface area (Å²) in [5, 5.41) is 9.17. The number of benzene rings is 5. The number of hydrogen-bond acceptors (Lipinski definition) is 5. The number of aliphatic hydroxyl groups is 1. The van der Waals surface area contributed by atoms with E-state index in [0.29, 0.717) is 30.3 Å². The maximum Gasteiger partial charge on any atom is 0.152 e. The molecule has 5 rings (SSSR count). The molecule has 0 heterocycles. The molecule has 5 aromatic carbocycles. The predicted octanol–water partition coefficient (Wildman–Crippen LogP) is 11.9. The molecule has 0 fully saturated rings. The van der Waals surface area contributed by atoms with Crippen LogP contribution in [0.5, 0.6) is 0 Å². The highest BCUT2D eigenvalue weighted by Gasteiger charge is 2.05. The molecule has 4 unspecified atom stereocenters. The van der Waals surface area contributed by atoms with Gasteiger partial charge in [-0.25, -0.2) is 0 Å². The number of aliphatic hydroxyl groups excluding tert-OH is 1. The Morgan fingerprint density at radius 3 is 1.35 bits per heavy atom. The molecule has 0 saturated carbocycles. The number of hydrogen-bond donors (Lipinski definition) is 1. The summed E-state index contributed by atoms with van der Waals surface area (Å²) in [5.74, 6) is 1.33. The Kier molecular flexibility index (Phi) is 29.7. The van der Waals surface area contributed by atoms with E-state index in [1.54, 1.807) is 13.0 Å². The van der Waals surface area contributed by atoms with Crippen molar-refractivity contribution in [3.05, 3.63) is 204 Å². The van der Waals surface area contributed by atoms with Crippen molar-refractivity contribution in [3.8, 4) is 0 Å². The first-order chi connectivity index (χ1) is 28.9. The van der Waals surface area contributed by atoms with Crippen LogP contribution in [0.2, 0.25) is 0 Å². The topological polar surface area (TPSA) is 88.5 Å². The number of carbonyl (C=O) groups excluding carboxylic acids is 4. The van der Waals surface area contributed by atoms with Crippen LogP contribution < -0.4 is 0 Å². The molecule has 0 aromatic heterocycles. The Balaban J connectivity index is 0.000000377. The summed E-state index contributed by atoms with van der Waals surface area (Å²) in [6, 6.07) is 50.7. The molecule has 5 heteroatoms. The molecule has 318 valence electrons. The van der Waals surface area contributed by atoms with Crippen LogP contribution in [0.25, 0.3) is 0 Å². The minimum absolute atomic E-state index is 0.116. The third-order valence-electron chi connectivity index (χ3n) is 9.03. The predicted molar refractivity (Wildman–Crippen MR) is 251 cm³/mol. The van der Waals surface area contributed by atoms with Crippen LogP contribution in [0.15, 0.2) is 176 Å². The third kappa shape index (κ3) is 29.4. The highest BCUT2D eigenvalue weighted by atomic mass is 16.3. The first-order valence-corrected chi connectivity index (χ1v) is 21.0. The SMILES string of the molecule is C=C(C=O)Cc1ccccc1.CC(=O)/C=C/C(C)Cc1ccccc1.CC(C=O)Cc1ccccc1.CC(O)CCC(C)Cc1ccccc1.O=CCCc1ccccc1. The summed E-state index contributed by atoms with van der Waals surface area (Å²) in [6.07, 6.45) is 13.3. The van der Waals surface area contributed by atoms with E-state index in [2.05, 4.69) is 56.8 Å². The first kappa shape index (κ1) is 52.2. The largest absolute Gasteiger partial charge is 0.393 e. The van der Waals surface area contributed by atoms with E-state index in [9.17, 15) is 19.2 Å². The Hall–Kier alpha value is -5.78. The molecule has 0 radical (unpaired) electrons. The maximum atomic E-state index is 10.7. The lowest BCUT2D eigenvalue weighted by atomic mass is 9.95. The van der Waals surface area contributed by atoms with Crippen molar-refractivity contribution in [2.75, 3.05) is 0 Å². The molecule has 4 atom stereocenters. The van der Waals surface area contributed by atoms with Crippen molar-refractivity contribution in [1.29, 1.82) is 0 Å². The normalized spacial score (nSPS) is 12.0. The summed E-state index contributed by atoms with van der Waals surface area (Å²) >= 11 is 0. The quantitative estimate of drug-likeness (QED) is 0.0703. The van der Waals surface area contributed by atoms with Gasteiger partial charge < -0.3 is 14.7 Å². The van der Waals surface area contributed by atoms with Crippen molar-refractivity contribution in [2.24, 2.45) is 17.8 Å². The average molecular weight is 809 g/mol. The van der Waals surface area contributed by atoms with Gasteiger partial charge in [-0.3, -0.25) is 9.59 Å². The van der Waals surface area contributed by atoms with Crippen LogP contribution in [0.4, 0.5) is 0 Å². The van der Waals surface area contributed by atoms with Crippen LogP contribution in [0.1, 0.15) is 81.7 Å². The molecule has 5 aromatic rings. The molecule has 0 amide bonds. The van der Waals surface area contributed by atoms with E-state index in [-0.39, 0.29) is 17.8 Å². The van der Waals surface area contributed by atoms with Crippen LogP contribution in [-0.4, -0.2) is 35.9 Å². The second kappa shape index (κ2) is 34.1. The van der Waals surface area contributed by atoms with Gasteiger partial charge in [0.15, 0.2) is 5.78 Å². The minimum Gasteiger partial charge on any atom is -0.393 e. The molecule has 5 nitrogen and oxygen atoms in total. The zero-order valence-electron chi connectivity index (χ0n) is 36.6. The zero-order valence-corrected chi connectivity index (χ0v) is 36.6. The highest BCUT2D eigenvalue weighted by Crippen LogP contribution is 2.14. The maximum absolute atomic E-state index is 10.7. The second-order valence-electron chi connectivity index (χ2n) is 15.3. The van der Waals surface area contributed by atoms with Gasteiger partial charge >= 0.3 is 0 Å². The number of carbonyl (C=O) groups is 4. The van der Waals surface area contributed by atoms with Gasteiger partial charge in [-0.05, 0) is 104 Å². The van der Waals surface area contributed by atoms with Crippen molar-refractivity contribution < 1.29 is 24.3 Å². The smallest absolute Gasteiger partial charge is 0.152 e. The summed E-state index contributed by atoms with van der Waals surface area (Å²) in [5.41, 5.74) is 6.92. The molecule has 0 saturated heterocycles. The van der Waals surface area contributed by atoms with Crippen LogP contribution >= 0.6 is 0 Å². The molecular formula is C55H68O5. The van der Waals surface area contributed by atoms with E-state index in [0.717, 1.165) is 62.9 Å². The first-order valence-electron chi connectivity index (χ1n) is 21.0. The van der Waals surface area contributed by atoms with Crippen LogP contribution in [0, 0.1) is 17.8 Å². The molecule has 1 N–H and O–H groups in total. The number of allylic oxidation sites excluding steroid dienone is 3. The molecule has 0 aliphatic carbocycles. The van der Waals surface area contributed by atoms with Crippen molar-refractivity contribution in [1.82, 2.24) is 0 Å². The van der Waals surface area contributed by atoms with Crippen LogP contribution in [-0.2, 0) is 51.3 Å². The van der Waals surface area contributed by atoms with Gasteiger partial charge in [0, 0.05) is 18.8 Å². The Morgan fingerprint density at radius 2 is 0.967 bits per heavy atom. The van der Waals surface area contributed by atoms with E-state index in [1.165, 1.54) is 22.3 Å². The van der Waals surface area contributed by atoms with E-state index < -0.39 is 0 Å². The van der Waals surface area contributed by atoms with Gasteiger partial charge in [0.05, 0.1) is 6.10 Å². The molecule has 0 bridgehead atoms. The molecule has 0 aliphatic heterocycles. The lowest BCUT2D eigenvalue weighted by Gasteiger charge is -2.12. The number of rotatable bonds is 18. The fourth-order valence-electron chi connectivity index (χ4n) is 5.80. The molecular weight excluding hydrogens is 741 g/mol. The Morgan fingerprint density at radius 1 is 0.567 bits per heavy atom. The van der Waals surface area contributed by atoms with Gasteiger partial charge in [-0.15, -0.1) is 0 Å². The standard InChI is InChI=1S/C13H20O.C13H16O.C10H12O.C10H10O.C9H10O/c2*1-11(8-9-12(2)14)10-13-6-4-3-5-7-13;2*1-9(8-11)7-10-5-3-2-4-6-10;10-8-4-7-9-5-2-1-3-6-9/h3-7,11-12,14H,8-10H2,1-2H3;3-9,11H,10H2,1-2H3;2-6,8-9H,7H2,1H3;2-6,8H,1,7H2;1-3,5-6,8H,4,7H2/b;9-8+;;;. The van der Waals surface area contributed by atoms with Gasteiger partial charge in [-0.2, -0.15) is 0 Å². The van der Waals surface area contributed by atoms with Gasteiger partial charge in [-0.1, -0.05) is 185 Å².